The third-order valence-corrected chi connectivity index (χ3v) is 2.93. The van der Waals surface area contributed by atoms with E-state index in [1.54, 1.807) is 7.05 Å². The molecule has 0 aliphatic carbocycles. The molecule has 12 nitrogen and oxygen atoms in total. The van der Waals surface area contributed by atoms with Crippen LogP contribution in [0.3, 0.4) is 0 Å². The third kappa shape index (κ3) is 3.87. The standard InChI is InChI=1S/C6H9N3O2.C5H5N3O4/c1-3-5-4-7-6(8(5)2)9(10)11;1-7-3(4(9)10)2-6-5(7)8(11)12/h4H,3H2,1-2H3;2H,1H3,(H,9,10). The van der Waals surface area contributed by atoms with Crippen LogP contribution >= 0.6 is 0 Å². The van der Waals surface area contributed by atoms with Gasteiger partial charge in [0.15, 0.2) is 6.20 Å². The molecule has 0 aliphatic heterocycles. The molecule has 0 atom stereocenters. The molecule has 0 bridgehead atoms. The van der Waals surface area contributed by atoms with Crippen molar-refractivity contribution in [2.24, 2.45) is 14.1 Å². The number of hydrogen-bond acceptors (Lipinski definition) is 7. The minimum atomic E-state index is -1.24. The van der Waals surface area contributed by atoms with E-state index in [-0.39, 0.29) is 11.6 Å². The summed E-state index contributed by atoms with van der Waals surface area (Å²) in [6.07, 6.45) is 3.23. The quantitative estimate of drug-likeness (QED) is 0.641. The van der Waals surface area contributed by atoms with Crippen molar-refractivity contribution in [1.29, 1.82) is 0 Å². The fourth-order valence-corrected chi connectivity index (χ4v) is 1.70. The van der Waals surface area contributed by atoms with Crippen molar-refractivity contribution in [2.75, 3.05) is 0 Å². The highest BCUT2D eigenvalue weighted by Gasteiger charge is 2.21. The second-order valence-electron chi connectivity index (χ2n) is 4.28. The highest BCUT2D eigenvalue weighted by Crippen LogP contribution is 2.10. The summed E-state index contributed by atoms with van der Waals surface area (Å²) >= 11 is 0. The molecule has 0 unspecified atom stereocenters. The van der Waals surface area contributed by atoms with Gasteiger partial charge >= 0.3 is 17.9 Å². The average molecular weight is 326 g/mol. The number of nitrogens with zero attached hydrogens (tertiary/aromatic N) is 6. The Morgan fingerprint density at radius 3 is 1.87 bits per heavy atom. The van der Waals surface area contributed by atoms with Gasteiger partial charge in [0, 0.05) is 6.42 Å². The van der Waals surface area contributed by atoms with E-state index in [4.69, 9.17) is 5.11 Å². The Morgan fingerprint density at radius 2 is 1.61 bits per heavy atom. The first-order valence-electron chi connectivity index (χ1n) is 6.25. The molecule has 2 heterocycles. The van der Waals surface area contributed by atoms with Crippen LogP contribution in [0.4, 0.5) is 11.9 Å². The Hall–Kier alpha value is -3.31. The van der Waals surface area contributed by atoms with Crippen molar-refractivity contribution in [3.8, 4) is 0 Å². The SMILES string of the molecule is CCc1cnc([N+](=O)[O-])n1C.Cn1c(C(=O)O)cnc1[N+](=O)[O-]. The smallest absolute Gasteiger partial charge is 0.435 e. The number of aromatic nitrogens is 4. The highest BCUT2D eigenvalue weighted by molar-refractivity contribution is 5.85. The van der Waals surface area contributed by atoms with E-state index < -0.39 is 21.8 Å². The van der Waals surface area contributed by atoms with Crippen LogP contribution in [0, 0.1) is 20.2 Å². The number of carboxylic acids is 1. The number of imidazole rings is 2. The average Bonchev–Trinajstić information content (AvgIpc) is 3.02. The Kier molecular flexibility index (Phi) is 5.48. The van der Waals surface area contributed by atoms with Crippen molar-refractivity contribution >= 4 is 17.9 Å². The van der Waals surface area contributed by atoms with Gasteiger partial charge in [0.2, 0.25) is 5.69 Å². The molecule has 12 heteroatoms. The van der Waals surface area contributed by atoms with Gasteiger partial charge in [-0.3, -0.25) is 0 Å². The van der Waals surface area contributed by atoms with Crippen LogP contribution in [0.5, 0.6) is 0 Å². The Bertz CT molecular complexity index is 717. The Morgan fingerprint density at radius 1 is 1.13 bits per heavy atom. The fourth-order valence-electron chi connectivity index (χ4n) is 1.70. The summed E-state index contributed by atoms with van der Waals surface area (Å²) in [7, 11) is 2.92. The van der Waals surface area contributed by atoms with Crippen LogP contribution in [0.25, 0.3) is 0 Å². The summed E-state index contributed by atoms with van der Waals surface area (Å²) in [5.41, 5.74) is 0.665. The number of carboxylic acid groups (broad SMARTS) is 1. The molecule has 2 rings (SSSR count). The van der Waals surface area contributed by atoms with Crippen LogP contribution in [-0.2, 0) is 20.5 Å². The van der Waals surface area contributed by atoms with E-state index in [2.05, 4.69) is 9.97 Å². The molecular weight excluding hydrogens is 312 g/mol. The second kappa shape index (κ2) is 7.11. The van der Waals surface area contributed by atoms with E-state index in [1.165, 1.54) is 17.8 Å². The van der Waals surface area contributed by atoms with Crippen molar-refractivity contribution in [2.45, 2.75) is 13.3 Å². The summed E-state index contributed by atoms with van der Waals surface area (Å²) in [6, 6.07) is 0. The van der Waals surface area contributed by atoms with Crippen LogP contribution in [0.15, 0.2) is 12.4 Å². The zero-order valence-electron chi connectivity index (χ0n) is 12.5. The predicted molar refractivity (Wildman–Crippen MR) is 76.1 cm³/mol. The van der Waals surface area contributed by atoms with Crippen molar-refractivity contribution in [1.82, 2.24) is 19.1 Å². The molecule has 0 fully saturated rings. The lowest BCUT2D eigenvalue weighted by Crippen LogP contribution is -2.06. The predicted octanol–water partition coefficient (Wildman–Crippen LogP) is 0.917. The van der Waals surface area contributed by atoms with Gasteiger partial charge in [0.1, 0.15) is 11.9 Å². The molecule has 2 aromatic rings. The number of aromatic carboxylic acids is 1. The van der Waals surface area contributed by atoms with E-state index in [1.807, 2.05) is 6.92 Å². The summed E-state index contributed by atoms with van der Waals surface area (Å²) in [6.45, 7) is 1.93. The maximum Gasteiger partial charge on any atom is 0.435 e. The minimum Gasteiger partial charge on any atom is -0.475 e. The van der Waals surface area contributed by atoms with Gasteiger partial charge in [-0.15, -0.1) is 0 Å². The van der Waals surface area contributed by atoms with Gasteiger partial charge in [0.25, 0.3) is 0 Å². The van der Waals surface area contributed by atoms with Gasteiger partial charge in [-0.25, -0.2) is 13.9 Å². The fraction of sp³-hybridized carbons (Fsp3) is 0.364. The Balaban J connectivity index is 0.000000231. The highest BCUT2D eigenvalue weighted by atomic mass is 16.6. The number of rotatable bonds is 4. The van der Waals surface area contributed by atoms with Gasteiger partial charge < -0.3 is 25.3 Å². The van der Waals surface area contributed by atoms with Crippen molar-refractivity contribution in [3.63, 3.8) is 0 Å². The zero-order chi connectivity index (χ0) is 17.7. The maximum absolute atomic E-state index is 10.4. The van der Waals surface area contributed by atoms with Crippen LogP contribution in [-0.4, -0.2) is 40.0 Å². The third-order valence-electron chi connectivity index (χ3n) is 2.93. The lowest BCUT2D eigenvalue weighted by Gasteiger charge is -1.95. The first-order chi connectivity index (χ1) is 10.7. The molecule has 2 aromatic heterocycles. The molecular formula is C11H14N6O6. The van der Waals surface area contributed by atoms with E-state index in [0.29, 0.717) is 0 Å². The van der Waals surface area contributed by atoms with Gasteiger partial charge in [-0.1, -0.05) is 16.9 Å². The van der Waals surface area contributed by atoms with Gasteiger partial charge in [-0.05, 0) is 9.85 Å². The summed E-state index contributed by atoms with van der Waals surface area (Å²) in [4.78, 5) is 36.6. The molecule has 0 aliphatic rings. The topological polar surface area (TPSA) is 159 Å². The zero-order valence-corrected chi connectivity index (χ0v) is 12.5. The molecule has 1 N–H and O–H groups in total. The maximum atomic E-state index is 10.4. The molecule has 0 amide bonds. The monoisotopic (exact) mass is 326 g/mol. The minimum absolute atomic E-state index is 0.0955. The first kappa shape index (κ1) is 17.7. The van der Waals surface area contributed by atoms with E-state index in [0.717, 1.165) is 22.9 Å². The molecule has 0 aromatic carbocycles. The van der Waals surface area contributed by atoms with E-state index >= 15 is 0 Å². The normalized spacial score (nSPS) is 9.87. The van der Waals surface area contributed by atoms with Crippen molar-refractivity contribution < 1.29 is 19.7 Å². The molecule has 0 saturated carbocycles. The number of carbonyl (C=O) groups is 1. The molecule has 23 heavy (non-hydrogen) atoms. The van der Waals surface area contributed by atoms with Crippen LogP contribution in [0.1, 0.15) is 23.1 Å². The number of hydrogen-bond donors (Lipinski definition) is 1. The summed E-state index contributed by atoms with van der Waals surface area (Å²) in [5, 5.41) is 28.9. The van der Waals surface area contributed by atoms with Crippen LogP contribution in [0.2, 0.25) is 0 Å². The van der Waals surface area contributed by atoms with Crippen molar-refractivity contribution in [3.05, 3.63) is 44.0 Å². The second-order valence-corrected chi connectivity index (χ2v) is 4.28. The number of nitro groups is 2. The molecule has 0 radical (unpaired) electrons. The molecule has 0 spiro atoms. The van der Waals surface area contributed by atoms with Gasteiger partial charge in [-0.2, -0.15) is 0 Å². The lowest BCUT2D eigenvalue weighted by atomic mass is 10.4. The summed E-state index contributed by atoms with van der Waals surface area (Å²) < 4.78 is 2.39. The summed E-state index contributed by atoms with van der Waals surface area (Å²) in [5.74, 6) is -1.81. The first-order valence-corrected chi connectivity index (χ1v) is 6.25. The molecule has 0 saturated heterocycles. The van der Waals surface area contributed by atoms with Crippen LogP contribution < -0.4 is 0 Å². The number of aryl methyl sites for hydroxylation is 1. The van der Waals surface area contributed by atoms with Gasteiger partial charge in [0.05, 0.1) is 14.1 Å². The van der Waals surface area contributed by atoms with E-state index in [9.17, 15) is 25.0 Å². The Labute approximate surface area is 129 Å². The lowest BCUT2D eigenvalue weighted by molar-refractivity contribution is -0.396. The largest absolute Gasteiger partial charge is 0.475 e. The molecule has 124 valence electrons.